The van der Waals surface area contributed by atoms with Gasteiger partial charge in [0.15, 0.2) is 0 Å². The normalized spacial score (nSPS) is 21.2. The Morgan fingerprint density at radius 2 is 2.21 bits per heavy atom. The fraction of sp³-hybridized carbons (Fsp3) is 0.500. The number of rotatable bonds is 7. The van der Waals surface area contributed by atoms with Crippen molar-refractivity contribution < 1.29 is 18.7 Å². The van der Waals surface area contributed by atoms with E-state index in [4.69, 9.17) is 9.47 Å². The highest BCUT2D eigenvalue weighted by molar-refractivity contribution is 5.78. The number of amides is 1. The molecule has 5 heteroatoms. The van der Waals surface area contributed by atoms with E-state index in [2.05, 4.69) is 5.32 Å². The third kappa shape index (κ3) is 4.01. The molecule has 0 heterocycles. The third-order valence-corrected chi connectivity index (χ3v) is 3.11. The summed E-state index contributed by atoms with van der Waals surface area (Å²) in [5.41, 5.74) is 0.674. The van der Waals surface area contributed by atoms with E-state index in [1.165, 1.54) is 6.07 Å². The van der Waals surface area contributed by atoms with Gasteiger partial charge in [-0.2, -0.15) is 0 Å². The Hall–Kier alpha value is -1.46. The number of ether oxygens (including phenoxy) is 2. The maximum absolute atomic E-state index is 13.5. The minimum absolute atomic E-state index is 0.0177. The van der Waals surface area contributed by atoms with Gasteiger partial charge in [0.1, 0.15) is 12.4 Å². The molecule has 1 fully saturated rings. The zero-order chi connectivity index (χ0) is 13.7. The Morgan fingerprint density at radius 1 is 1.42 bits per heavy atom. The predicted molar refractivity (Wildman–Crippen MR) is 68.4 cm³/mol. The van der Waals surface area contributed by atoms with Gasteiger partial charge in [0.25, 0.3) is 0 Å². The van der Waals surface area contributed by atoms with Crippen LogP contribution in [0.4, 0.5) is 4.39 Å². The first-order valence-electron chi connectivity index (χ1n) is 6.33. The maximum Gasteiger partial charge on any atom is 0.246 e. The highest BCUT2D eigenvalue weighted by Gasteiger charge is 2.40. The molecule has 1 aromatic rings. The fourth-order valence-electron chi connectivity index (χ4n) is 2.03. The van der Waals surface area contributed by atoms with Gasteiger partial charge in [-0.05, 0) is 18.1 Å². The standard InChI is InChI=1S/C14H18FNO3/c1-18-6-7-19-9-14(17)16-13-8-11(13)10-4-2-3-5-12(10)15/h2-5,11,13H,6-9H2,1H3,(H,16,17). The molecule has 1 aliphatic rings. The second kappa shape index (κ2) is 6.63. The van der Waals surface area contributed by atoms with Crippen molar-refractivity contribution in [2.75, 3.05) is 26.9 Å². The molecule has 1 saturated carbocycles. The summed E-state index contributed by atoms with van der Waals surface area (Å²) in [5, 5.41) is 2.84. The molecule has 0 aromatic heterocycles. The summed E-state index contributed by atoms with van der Waals surface area (Å²) in [7, 11) is 1.58. The van der Waals surface area contributed by atoms with Gasteiger partial charge < -0.3 is 14.8 Å². The number of methoxy groups -OCH3 is 1. The minimum atomic E-state index is -0.208. The van der Waals surface area contributed by atoms with Crippen LogP contribution in [0.15, 0.2) is 24.3 Å². The van der Waals surface area contributed by atoms with Crippen molar-refractivity contribution in [3.63, 3.8) is 0 Å². The number of nitrogens with one attached hydrogen (secondary N) is 1. The molecule has 0 spiro atoms. The summed E-state index contributed by atoms with van der Waals surface area (Å²) in [6.07, 6.45) is 0.782. The third-order valence-electron chi connectivity index (χ3n) is 3.11. The largest absolute Gasteiger partial charge is 0.382 e. The Kier molecular flexibility index (Phi) is 4.87. The van der Waals surface area contributed by atoms with Crippen LogP contribution in [-0.2, 0) is 14.3 Å². The highest BCUT2D eigenvalue weighted by Crippen LogP contribution is 2.41. The van der Waals surface area contributed by atoms with Crippen molar-refractivity contribution in [2.24, 2.45) is 0 Å². The van der Waals surface area contributed by atoms with E-state index in [0.717, 1.165) is 6.42 Å². The summed E-state index contributed by atoms with van der Waals surface area (Å²) >= 11 is 0. The number of carbonyl (C=O) groups is 1. The molecule has 0 aliphatic heterocycles. The van der Waals surface area contributed by atoms with E-state index in [-0.39, 0.29) is 30.3 Å². The Morgan fingerprint density at radius 3 is 2.95 bits per heavy atom. The van der Waals surface area contributed by atoms with Crippen LogP contribution in [0.1, 0.15) is 17.9 Å². The van der Waals surface area contributed by atoms with Crippen LogP contribution in [0.3, 0.4) is 0 Å². The lowest BCUT2D eigenvalue weighted by molar-refractivity contribution is -0.126. The quantitative estimate of drug-likeness (QED) is 0.761. The number of halogens is 1. The molecule has 0 radical (unpaired) electrons. The summed E-state index contributed by atoms with van der Waals surface area (Å²) in [6.45, 7) is 0.879. The van der Waals surface area contributed by atoms with Crippen molar-refractivity contribution in [3.05, 3.63) is 35.6 Å². The van der Waals surface area contributed by atoms with Gasteiger partial charge in [0.05, 0.1) is 13.2 Å². The lowest BCUT2D eigenvalue weighted by Gasteiger charge is -2.06. The fourth-order valence-corrected chi connectivity index (χ4v) is 2.03. The van der Waals surface area contributed by atoms with E-state index >= 15 is 0 Å². The van der Waals surface area contributed by atoms with Crippen LogP contribution < -0.4 is 5.32 Å². The van der Waals surface area contributed by atoms with Crippen LogP contribution in [0.25, 0.3) is 0 Å². The molecule has 19 heavy (non-hydrogen) atoms. The van der Waals surface area contributed by atoms with Gasteiger partial charge in [-0.15, -0.1) is 0 Å². The second-order valence-electron chi connectivity index (χ2n) is 4.58. The molecule has 2 unspecified atom stereocenters. The van der Waals surface area contributed by atoms with Crippen LogP contribution >= 0.6 is 0 Å². The van der Waals surface area contributed by atoms with Crippen molar-refractivity contribution in [1.82, 2.24) is 5.32 Å². The van der Waals surface area contributed by atoms with Crippen LogP contribution in [0.5, 0.6) is 0 Å². The van der Waals surface area contributed by atoms with E-state index in [1.54, 1.807) is 19.2 Å². The summed E-state index contributed by atoms with van der Waals surface area (Å²) in [6, 6.07) is 6.71. The monoisotopic (exact) mass is 267 g/mol. The van der Waals surface area contributed by atoms with Gasteiger partial charge in [-0.25, -0.2) is 4.39 Å². The zero-order valence-electron chi connectivity index (χ0n) is 10.9. The molecule has 1 aliphatic carbocycles. The molecule has 4 nitrogen and oxygen atoms in total. The van der Waals surface area contributed by atoms with Crippen LogP contribution in [-0.4, -0.2) is 38.9 Å². The van der Waals surface area contributed by atoms with Crippen molar-refractivity contribution in [3.8, 4) is 0 Å². The summed E-state index contributed by atoms with van der Waals surface area (Å²) in [4.78, 5) is 11.5. The maximum atomic E-state index is 13.5. The first-order valence-corrected chi connectivity index (χ1v) is 6.33. The minimum Gasteiger partial charge on any atom is -0.382 e. The number of benzene rings is 1. The Labute approximate surface area is 111 Å². The average molecular weight is 267 g/mol. The first kappa shape index (κ1) is 14.0. The van der Waals surface area contributed by atoms with E-state index in [0.29, 0.717) is 18.8 Å². The molecule has 104 valence electrons. The first-order chi connectivity index (χ1) is 9.22. The number of hydrogen-bond donors (Lipinski definition) is 1. The molecule has 1 amide bonds. The van der Waals surface area contributed by atoms with Gasteiger partial charge in [-0.1, -0.05) is 18.2 Å². The molecule has 2 atom stereocenters. The lowest BCUT2D eigenvalue weighted by atomic mass is 10.1. The zero-order valence-corrected chi connectivity index (χ0v) is 10.9. The molecule has 1 aromatic carbocycles. The van der Waals surface area contributed by atoms with E-state index < -0.39 is 0 Å². The number of carbonyl (C=O) groups excluding carboxylic acids is 1. The molecular weight excluding hydrogens is 249 g/mol. The number of hydrogen-bond acceptors (Lipinski definition) is 3. The molecule has 0 saturated heterocycles. The smallest absolute Gasteiger partial charge is 0.246 e. The van der Waals surface area contributed by atoms with Gasteiger partial charge in [-0.3, -0.25) is 4.79 Å². The molecular formula is C14H18FNO3. The topological polar surface area (TPSA) is 47.6 Å². The van der Waals surface area contributed by atoms with Gasteiger partial charge in [0, 0.05) is 19.1 Å². The molecule has 0 bridgehead atoms. The van der Waals surface area contributed by atoms with Crippen LogP contribution in [0.2, 0.25) is 0 Å². The van der Waals surface area contributed by atoms with Gasteiger partial charge in [0.2, 0.25) is 5.91 Å². The highest BCUT2D eigenvalue weighted by atomic mass is 19.1. The van der Waals surface area contributed by atoms with E-state index in [1.807, 2.05) is 6.07 Å². The predicted octanol–water partition coefficient (Wildman–Crippen LogP) is 1.46. The SMILES string of the molecule is COCCOCC(=O)NC1CC1c1ccccc1F. The summed E-state index contributed by atoms with van der Waals surface area (Å²) < 4.78 is 23.5. The summed E-state index contributed by atoms with van der Waals surface area (Å²) in [5.74, 6) is -0.287. The van der Waals surface area contributed by atoms with Crippen molar-refractivity contribution in [2.45, 2.75) is 18.4 Å². The second-order valence-corrected chi connectivity index (χ2v) is 4.58. The Bertz CT molecular complexity index is 438. The lowest BCUT2D eigenvalue weighted by Crippen LogP contribution is -2.30. The molecule has 1 N–H and O–H groups in total. The van der Waals surface area contributed by atoms with E-state index in [9.17, 15) is 9.18 Å². The molecule has 2 rings (SSSR count). The van der Waals surface area contributed by atoms with Gasteiger partial charge >= 0.3 is 0 Å². The van der Waals surface area contributed by atoms with Crippen molar-refractivity contribution >= 4 is 5.91 Å². The Balaban J connectivity index is 1.72. The average Bonchev–Trinajstić information content (AvgIpc) is 3.14. The van der Waals surface area contributed by atoms with Crippen LogP contribution in [0, 0.1) is 5.82 Å². The van der Waals surface area contributed by atoms with Crippen molar-refractivity contribution in [1.29, 1.82) is 0 Å².